The first-order chi connectivity index (χ1) is 5.16. The van der Waals surface area contributed by atoms with Crippen LogP contribution in [-0.4, -0.2) is 27.6 Å². The summed E-state index contributed by atoms with van der Waals surface area (Å²) in [6.45, 7) is 1.62. The number of methoxy groups -OCH3 is 1. The molecule has 6 heteroatoms. The molecule has 0 aliphatic rings. The van der Waals surface area contributed by atoms with E-state index in [9.17, 15) is 4.79 Å². The molecule has 60 valence electrons. The van der Waals surface area contributed by atoms with E-state index < -0.39 is 5.97 Å². The Morgan fingerprint density at radius 2 is 2.36 bits per heavy atom. The van der Waals surface area contributed by atoms with Crippen molar-refractivity contribution in [1.82, 2.24) is 14.5 Å². The van der Waals surface area contributed by atoms with Crippen LogP contribution in [0.4, 0.5) is 0 Å². The topological polar surface area (TPSA) is 57.0 Å². The molecule has 0 atom stereocenters. The molecule has 0 radical (unpaired) electrons. The molecule has 1 aromatic heterocycles. The minimum absolute atomic E-state index is 0.141. The summed E-state index contributed by atoms with van der Waals surface area (Å²) in [5, 5.41) is 6.91. The molecule has 0 saturated heterocycles. The molecule has 0 spiro atoms. The molecule has 1 rings (SSSR count). The minimum Gasteiger partial charge on any atom is -0.464 e. The van der Waals surface area contributed by atoms with Gasteiger partial charge in [-0.25, -0.2) is 4.79 Å². The summed E-state index contributed by atoms with van der Waals surface area (Å²) in [7, 11) is 1.27. The first-order valence-corrected chi connectivity index (χ1v) is 3.17. The number of carbonyl (C=O) groups is 1. The molecule has 5 nitrogen and oxygen atoms in total. The van der Waals surface area contributed by atoms with Gasteiger partial charge >= 0.3 is 5.97 Å². The lowest BCUT2D eigenvalue weighted by molar-refractivity contribution is 0.0593. The van der Waals surface area contributed by atoms with Crippen molar-refractivity contribution in [2.24, 2.45) is 0 Å². The van der Waals surface area contributed by atoms with Gasteiger partial charge in [0.2, 0.25) is 0 Å². The molecular formula is C5H6ClN3O2. The number of carbonyl (C=O) groups excluding carboxylic acids is 1. The SMILES string of the molecule is COC(=O)c1nnn(Cl)c1C. The van der Waals surface area contributed by atoms with E-state index in [1.54, 1.807) is 6.92 Å². The van der Waals surface area contributed by atoms with E-state index in [2.05, 4.69) is 15.0 Å². The molecule has 0 aliphatic carbocycles. The molecule has 0 aromatic carbocycles. The number of ether oxygens (including phenoxy) is 1. The number of rotatable bonds is 1. The van der Waals surface area contributed by atoms with Crippen LogP contribution >= 0.6 is 11.8 Å². The summed E-state index contributed by atoms with van der Waals surface area (Å²) >= 11 is 5.47. The number of aromatic nitrogens is 3. The summed E-state index contributed by atoms with van der Waals surface area (Å²) in [5.41, 5.74) is 0.612. The largest absolute Gasteiger partial charge is 0.464 e. The Balaban J connectivity index is 3.04. The van der Waals surface area contributed by atoms with Crippen LogP contribution in [0.1, 0.15) is 16.2 Å². The maximum Gasteiger partial charge on any atom is 0.360 e. The Bertz CT molecular complexity index is 283. The summed E-state index contributed by atoms with van der Waals surface area (Å²) in [5.74, 6) is -0.533. The van der Waals surface area contributed by atoms with Gasteiger partial charge in [-0.3, -0.25) is 0 Å². The van der Waals surface area contributed by atoms with Gasteiger partial charge in [-0.1, -0.05) is 0 Å². The zero-order chi connectivity index (χ0) is 8.43. The predicted molar refractivity (Wildman–Crippen MR) is 37.3 cm³/mol. The van der Waals surface area contributed by atoms with Crippen LogP contribution < -0.4 is 0 Å². The van der Waals surface area contributed by atoms with Crippen molar-refractivity contribution >= 4 is 17.7 Å². The standard InChI is InChI=1S/C5H6ClN3O2/c1-3-4(5(10)11-2)7-8-9(3)6/h1-2H3. The third kappa shape index (κ3) is 1.32. The van der Waals surface area contributed by atoms with Gasteiger partial charge in [-0.05, 0) is 12.1 Å². The van der Waals surface area contributed by atoms with Gasteiger partial charge in [0, 0.05) is 11.8 Å². The van der Waals surface area contributed by atoms with Crippen molar-refractivity contribution in [3.8, 4) is 0 Å². The van der Waals surface area contributed by atoms with Crippen molar-refractivity contribution in [3.05, 3.63) is 11.4 Å². The van der Waals surface area contributed by atoms with Gasteiger partial charge < -0.3 is 4.74 Å². The van der Waals surface area contributed by atoms with Gasteiger partial charge in [0.05, 0.1) is 12.8 Å². The average molecular weight is 176 g/mol. The molecule has 1 aromatic rings. The first-order valence-electron chi connectivity index (χ1n) is 2.83. The quantitative estimate of drug-likeness (QED) is 0.579. The molecule has 0 N–H and O–H groups in total. The average Bonchev–Trinajstić information content (AvgIpc) is 2.32. The van der Waals surface area contributed by atoms with Crippen molar-refractivity contribution in [3.63, 3.8) is 0 Å². The van der Waals surface area contributed by atoms with E-state index in [4.69, 9.17) is 11.8 Å². The molecular weight excluding hydrogens is 170 g/mol. The van der Waals surface area contributed by atoms with Crippen LogP contribution in [0.15, 0.2) is 0 Å². The fraction of sp³-hybridized carbons (Fsp3) is 0.400. The summed E-state index contributed by atoms with van der Waals surface area (Å²) < 4.78 is 5.41. The third-order valence-corrected chi connectivity index (χ3v) is 1.54. The van der Waals surface area contributed by atoms with Crippen LogP contribution in [0.5, 0.6) is 0 Å². The number of nitrogens with zero attached hydrogens (tertiary/aromatic N) is 3. The Morgan fingerprint density at radius 3 is 2.73 bits per heavy atom. The molecule has 11 heavy (non-hydrogen) atoms. The van der Waals surface area contributed by atoms with Crippen molar-refractivity contribution in [1.29, 1.82) is 0 Å². The highest BCUT2D eigenvalue weighted by molar-refractivity contribution is 6.15. The van der Waals surface area contributed by atoms with Crippen LogP contribution in [0, 0.1) is 6.92 Å². The van der Waals surface area contributed by atoms with Crippen LogP contribution in [0.2, 0.25) is 0 Å². The van der Waals surface area contributed by atoms with Gasteiger partial charge in [-0.15, -0.1) is 5.10 Å². The smallest absolute Gasteiger partial charge is 0.360 e. The minimum atomic E-state index is -0.533. The second-order valence-corrected chi connectivity index (χ2v) is 2.20. The van der Waals surface area contributed by atoms with E-state index >= 15 is 0 Å². The normalized spacial score (nSPS) is 9.73. The van der Waals surface area contributed by atoms with Crippen molar-refractivity contribution in [2.75, 3.05) is 7.11 Å². The fourth-order valence-electron chi connectivity index (χ4n) is 0.596. The lowest BCUT2D eigenvalue weighted by atomic mass is 10.3. The van der Waals surface area contributed by atoms with Crippen molar-refractivity contribution < 1.29 is 9.53 Å². The Morgan fingerprint density at radius 1 is 1.73 bits per heavy atom. The van der Waals surface area contributed by atoms with E-state index in [0.717, 1.165) is 4.20 Å². The number of esters is 1. The van der Waals surface area contributed by atoms with Gasteiger partial charge in [0.15, 0.2) is 5.69 Å². The second-order valence-electron chi connectivity index (χ2n) is 1.88. The maximum absolute atomic E-state index is 10.9. The van der Waals surface area contributed by atoms with Crippen molar-refractivity contribution in [2.45, 2.75) is 6.92 Å². The summed E-state index contributed by atoms with van der Waals surface area (Å²) in [6.07, 6.45) is 0. The Kier molecular flexibility index (Phi) is 2.09. The van der Waals surface area contributed by atoms with E-state index in [1.807, 2.05) is 0 Å². The highest BCUT2D eigenvalue weighted by Gasteiger charge is 2.15. The lowest BCUT2D eigenvalue weighted by Crippen LogP contribution is -2.03. The molecule has 1 heterocycles. The van der Waals surface area contributed by atoms with Crippen LogP contribution in [0.25, 0.3) is 0 Å². The maximum atomic E-state index is 10.9. The second kappa shape index (κ2) is 2.87. The molecule has 0 unspecified atom stereocenters. The highest BCUT2D eigenvalue weighted by Crippen LogP contribution is 2.05. The predicted octanol–water partition coefficient (Wildman–Crippen LogP) is 0.375. The molecule has 0 fully saturated rings. The van der Waals surface area contributed by atoms with E-state index in [0.29, 0.717) is 5.69 Å². The monoisotopic (exact) mass is 175 g/mol. The molecule has 0 aliphatic heterocycles. The van der Waals surface area contributed by atoms with Gasteiger partial charge in [0.1, 0.15) is 0 Å². The van der Waals surface area contributed by atoms with Gasteiger partial charge in [0.25, 0.3) is 0 Å². The summed E-state index contributed by atoms with van der Waals surface area (Å²) in [4.78, 5) is 10.9. The van der Waals surface area contributed by atoms with Gasteiger partial charge in [-0.2, -0.15) is 4.20 Å². The van der Waals surface area contributed by atoms with E-state index in [-0.39, 0.29) is 5.69 Å². The Hall–Kier alpha value is -1.10. The van der Waals surface area contributed by atoms with Crippen LogP contribution in [-0.2, 0) is 4.74 Å². The van der Waals surface area contributed by atoms with E-state index in [1.165, 1.54) is 7.11 Å². The fourth-order valence-corrected chi connectivity index (χ4v) is 0.710. The lowest BCUT2D eigenvalue weighted by Gasteiger charge is -1.93. The zero-order valence-electron chi connectivity index (χ0n) is 6.04. The third-order valence-electron chi connectivity index (χ3n) is 1.22. The molecule has 0 saturated carbocycles. The number of hydrogen-bond donors (Lipinski definition) is 0. The highest BCUT2D eigenvalue weighted by atomic mass is 35.5. The number of hydrogen-bond acceptors (Lipinski definition) is 4. The zero-order valence-corrected chi connectivity index (χ0v) is 6.79. The molecule has 0 bridgehead atoms. The number of halogens is 1. The Labute approximate surface area is 68.0 Å². The molecule has 0 amide bonds. The summed E-state index contributed by atoms with van der Waals surface area (Å²) in [6, 6.07) is 0. The van der Waals surface area contributed by atoms with Crippen LogP contribution in [0.3, 0.4) is 0 Å². The first kappa shape index (κ1) is 8.00.